The fourth-order valence-corrected chi connectivity index (χ4v) is 2.51. The number of ketones is 1. The third-order valence-electron chi connectivity index (χ3n) is 3.22. The predicted octanol–water partition coefficient (Wildman–Crippen LogP) is 3.21. The number of para-hydroxylation sites is 2. The predicted molar refractivity (Wildman–Crippen MR) is 73.6 cm³/mol. The lowest BCUT2D eigenvalue weighted by atomic mass is 10.0. The molecule has 1 unspecified atom stereocenters. The summed E-state index contributed by atoms with van der Waals surface area (Å²) in [6, 6.07) is 8.20. The first-order valence-corrected chi connectivity index (χ1v) is 6.55. The molecule has 0 spiro atoms. The molecule has 96 valence electrons. The zero-order valence-electron chi connectivity index (χ0n) is 11.3. The molecule has 0 aliphatic carbocycles. The van der Waals surface area contributed by atoms with Crippen LogP contribution in [0.2, 0.25) is 0 Å². The van der Waals surface area contributed by atoms with Crippen LogP contribution < -0.4 is 0 Å². The van der Waals surface area contributed by atoms with Gasteiger partial charge >= 0.3 is 0 Å². The molecule has 2 aromatic rings. The Morgan fingerprint density at radius 3 is 2.78 bits per heavy atom. The van der Waals surface area contributed by atoms with Crippen molar-refractivity contribution in [3.05, 3.63) is 30.1 Å². The molecule has 0 aliphatic heterocycles. The van der Waals surface area contributed by atoms with E-state index in [2.05, 4.69) is 29.5 Å². The van der Waals surface area contributed by atoms with E-state index < -0.39 is 0 Å². The molecule has 0 aliphatic rings. The van der Waals surface area contributed by atoms with Gasteiger partial charge in [0.05, 0.1) is 11.0 Å². The number of Topliss-reactive ketones (excluding diaryl/α,β-unsaturated/α-hetero) is 1. The molecule has 3 heteroatoms. The van der Waals surface area contributed by atoms with Crippen molar-refractivity contribution in [2.24, 2.45) is 5.92 Å². The van der Waals surface area contributed by atoms with Crippen molar-refractivity contribution in [1.82, 2.24) is 9.55 Å². The molecular weight excluding hydrogens is 224 g/mol. The van der Waals surface area contributed by atoms with Crippen molar-refractivity contribution in [3.63, 3.8) is 0 Å². The first kappa shape index (κ1) is 12.8. The number of rotatable bonds is 5. The molecule has 1 heterocycles. The molecule has 3 nitrogen and oxygen atoms in total. The van der Waals surface area contributed by atoms with Gasteiger partial charge in [-0.2, -0.15) is 0 Å². The van der Waals surface area contributed by atoms with Gasteiger partial charge in [0.2, 0.25) is 0 Å². The third kappa shape index (κ3) is 2.61. The zero-order chi connectivity index (χ0) is 13.1. The normalized spacial score (nSPS) is 12.8. The molecule has 0 radical (unpaired) electrons. The Hall–Kier alpha value is -1.64. The van der Waals surface area contributed by atoms with Gasteiger partial charge in [0.25, 0.3) is 0 Å². The number of nitrogens with zero attached hydrogens (tertiary/aromatic N) is 2. The standard InChI is InChI=1S/C15H20N2O/c1-4-17-14-8-6-5-7-13(14)16-15(17)10-11(2)9-12(3)18/h5-8,11H,4,9-10H2,1-3H3. The summed E-state index contributed by atoms with van der Waals surface area (Å²) in [4.78, 5) is 15.8. The Morgan fingerprint density at radius 1 is 1.39 bits per heavy atom. The number of benzene rings is 1. The average molecular weight is 244 g/mol. The van der Waals surface area contributed by atoms with E-state index in [0.717, 1.165) is 24.3 Å². The number of imidazole rings is 1. The molecule has 1 atom stereocenters. The maximum absolute atomic E-state index is 11.1. The highest BCUT2D eigenvalue weighted by Crippen LogP contribution is 2.19. The van der Waals surface area contributed by atoms with Gasteiger partial charge in [-0.3, -0.25) is 0 Å². The van der Waals surface area contributed by atoms with Crippen LogP contribution in [-0.4, -0.2) is 15.3 Å². The number of fused-ring (bicyclic) bond motifs is 1. The van der Waals surface area contributed by atoms with Gasteiger partial charge in [-0.15, -0.1) is 0 Å². The van der Waals surface area contributed by atoms with Gasteiger partial charge < -0.3 is 9.36 Å². The van der Waals surface area contributed by atoms with Gasteiger partial charge in [-0.1, -0.05) is 19.1 Å². The summed E-state index contributed by atoms with van der Waals surface area (Å²) in [6.45, 7) is 6.82. The number of aromatic nitrogens is 2. The van der Waals surface area contributed by atoms with Crippen molar-refractivity contribution in [1.29, 1.82) is 0 Å². The quantitative estimate of drug-likeness (QED) is 0.809. The highest BCUT2D eigenvalue weighted by Gasteiger charge is 2.13. The van der Waals surface area contributed by atoms with Crippen LogP contribution in [0.3, 0.4) is 0 Å². The van der Waals surface area contributed by atoms with Crippen LogP contribution in [0, 0.1) is 5.92 Å². The Bertz CT molecular complexity index is 557. The molecule has 0 bridgehead atoms. The van der Waals surface area contributed by atoms with E-state index in [4.69, 9.17) is 0 Å². The van der Waals surface area contributed by atoms with Gasteiger partial charge in [-0.05, 0) is 31.9 Å². The number of aryl methyl sites for hydroxylation is 1. The smallest absolute Gasteiger partial charge is 0.130 e. The minimum atomic E-state index is 0.252. The topological polar surface area (TPSA) is 34.9 Å². The molecule has 0 amide bonds. The van der Waals surface area contributed by atoms with E-state index in [1.807, 2.05) is 18.2 Å². The molecule has 18 heavy (non-hydrogen) atoms. The largest absolute Gasteiger partial charge is 0.328 e. The molecule has 0 saturated carbocycles. The van der Waals surface area contributed by atoms with Crippen LogP contribution in [-0.2, 0) is 17.8 Å². The monoisotopic (exact) mass is 244 g/mol. The van der Waals surface area contributed by atoms with Crippen LogP contribution in [0.4, 0.5) is 0 Å². The third-order valence-corrected chi connectivity index (χ3v) is 3.22. The van der Waals surface area contributed by atoms with Gasteiger partial charge in [0, 0.05) is 19.4 Å². The van der Waals surface area contributed by atoms with Crippen molar-refractivity contribution in [3.8, 4) is 0 Å². The second-order valence-electron chi connectivity index (χ2n) is 4.98. The number of hydrogen-bond acceptors (Lipinski definition) is 2. The highest BCUT2D eigenvalue weighted by atomic mass is 16.1. The number of carbonyl (C=O) groups excluding carboxylic acids is 1. The molecule has 0 N–H and O–H groups in total. The van der Waals surface area contributed by atoms with Crippen LogP contribution in [0.1, 0.15) is 33.0 Å². The van der Waals surface area contributed by atoms with Crippen molar-refractivity contribution < 1.29 is 4.79 Å². The zero-order valence-corrected chi connectivity index (χ0v) is 11.3. The summed E-state index contributed by atoms with van der Waals surface area (Å²) in [5.74, 6) is 1.69. The maximum atomic E-state index is 11.1. The average Bonchev–Trinajstić information content (AvgIpc) is 2.64. The van der Waals surface area contributed by atoms with Crippen molar-refractivity contribution in [2.75, 3.05) is 0 Å². The van der Waals surface area contributed by atoms with E-state index in [0.29, 0.717) is 12.3 Å². The minimum absolute atomic E-state index is 0.252. The van der Waals surface area contributed by atoms with Gasteiger partial charge in [0.1, 0.15) is 11.6 Å². The summed E-state index contributed by atoms with van der Waals surface area (Å²) in [5, 5.41) is 0. The lowest BCUT2D eigenvalue weighted by Crippen LogP contribution is -2.10. The van der Waals surface area contributed by atoms with Crippen LogP contribution in [0.25, 0.3) is 11.0 Å². The van der Waals surface area contributed by atoms with Crippen LogP contribution in [0.5, 0.6) is 0 Å². The fraction of sp³-hybridized carbons (Fsp3) is 0.467. The second kappa shape index (κ2) is 5.34. The molecule has 2 rings (SSSR count). The molecule has 0 saturated heterocycles. The fourth-order valence-electron chi connectivity index (χ4n) is 2.51. The van der Waals surface area contributed by atoms with E-state index >= 15 is 0 Å². The Kier molecular flexibility index (Phi) is 3.80. The molecule has 1 aromatic heterocycles. The Labute approximate surface area is 108 Å². The van der Waals surface area contributed by atoms with Gasteiger partial charge in [0.15, 0.2) is 0 Å². The van der Waals surface area contributed by atoms with Gasteiger partial charge in [-0.25, -0.2) is 4.98 Å². The van der Waals surface area contributed by atoms with E-state index in [1.165, 1.54) is 5.52 Å². The van der Waals surface area contributed by atoms with Crippen molar-refractivity contribution >= 4 is 16.8 Å². The van der Waals surface area contributed by atoms with E-state index in [1.54, 1.807) is 6.92 Å². The number of carbonyl (C=O) groups is 1. The summed E-state index contributed by atoms with van der Waals surface area (Å²) >= 11 is 0. The SMILES string of the molecule is CCn1c(CC(C)CC(C)=O)nc2ccccc21. The van der Waals surface area contributed by atoms with Crippen molar-refractivity contribution in [2.45, 2.75) is 40.2 Å². The maximum Gasteiger partial charge on any atom is 0.130 e. The summed E-state index contributed by atoms with van der Waals surface area (Å²) in [6.07, 6.45) is 1.50. The highest BCUT2D eigenvalue weighted by molar-refractivity contribution is 5.76. The molecule has 1 aromatic carbocycles. The molecular formula is C15H20N2O. The Morgan fingerprint density at radius 2 is 2.11 bits per heavy atom. The van der Waals surface area contributed by atoms with Crippen LogP contribution >= 0.6 is 0 Å². The van der Waals surface area contributed by atoms with Crippen LogP contribution in [0.15, 0.2) is 24.3 Å². The summed E-state index contributed by atoms with van der Waals surface area (Å²) in [5.41, 5.74) is 2.23. The van der Waals surface area contributed by atoms with E-state index in [-0.39, 0.29) is 5.78 Å². The molecule has 0 fully saturated rings. The number of hydrogen-bond donors (Lipinski definition) is 0. The summed E-state index contributed by atoms with van der Waals surface area (Å²) in [7, 11) is 0. The lowest BCUT2D eigenvalue weighted by Gasteiger charge is -2.10. The second-order valence-corrected chi connectivity index (χ2v) is 4.98. The first-order valence-electron chi connectivity index (χ1n) is 6.55. The van der Waals surface area contributed by atoms with E-state index in [9.17, 15) is 4.79 Å². The first-order chi connectivity index (χ1) is 8.61. The minimum Gasteiger partial charge on any atom is -0.328 e. The lowest BCUT2D eigenvalue weighted by molar-refractivity contribution is -0.117. The Balaban J connectivity index is 2.30. The summed E-state index contributed by atoms with van der Waals surface area (Å²) < 4.78 is 2.24.